The van der Waals surface area contributed by atoms with E-state index in [0.717, 1.165) is 5.56 Å². The highest BCUT2D eigenvalue weighted by Gasteiger charge is 2.12. The summed E-state index contributed by atoms with van der Waals surface area (Å²) in [7, 11) is 0. The van der Waals surface area contributed by atoms with Gasteiger partial charge in [0.1, 0.15) is 5.75 Å². The van der Waals surface area contributed by atoms with Crippen molar-refractivity contribution in [3.05, 3.63) is 88.9 Å². The van der Waals surface area contributed by atoms with Gasteiger partial charge in [0.05, 0.1) is 10.7 Å². The van der Waals surface area contributed by atoms with Gasteiger partial charge in [-0.2, -0.15) is 0 Å². The number of nitrogens with one attached hydrogen (secondary N) is 2. The molecular weight excluding hydrogens is 376 g/mol. The number of halogens is 1. The summed E-state index contributed by atoms with van der Waals surface area (Å²) in [5.74, 6) is -0.0596. The van der Waals surface area contributed by atoms with E-state index in [9.17, 15) is 9.59 Å². The molecule has 0 atom stereocenters. The summed E-state index contributed by atoms with van der Waals surface area (Å²) in [6.07, 6.45) is 0. The fourth-order valence-electron chi connectivity index (χ4n) is 2.53. The maximum Gasteiger partial charge on any atom is 0.262 e. The summed E-state index contributed by atoms with van der Waals surface area (Å²) in [4.78, 5) is 24.6. The molecule has 0 saturated carbocycles. The molecular formula is C22H19ClN2O3. The van der Waals surface area contributed by atoms with Gasteiger partial charge in [-0.05, 0) is 55.0 Å². The predicted octanol–water partition coefficient (Wildman–Crippen LogP) is 4.92. The highest BCUT2D eigenvalue weighted by Crippen LogP contribution is 2.24. The van der Waals surface area contributed by atoms with Crippen LogP contribution in [0.2, 0.25) is 5.02 Å². The zero-order chi connectivity index (χ0) is 19.9. The summed E-state index contributed by atoms with van der Waals surface area (Å²) in [5.41, 5.74) is 2.45. The van der Waals surface area contributed by atoms with Gasteiger partial charge in [0.25, 0.3) is 11.8 Å². The topological polar surface area (TPSA) is 67.4 Å². The van der Waals surface area contributed by atoms with Crippen LogP contribution in [0.3, 0.4) is 0 Å². The van der Waals surface area contributed by atoms with Crippen molar-refractivity contribution in [2.24, 2.45) is 0 Å². The van der Waals surface area contributed by atoms with Gasteiger partial charge in [0.15, 0.2) is 6.61 Å². The second-order valence-electron chi connectivity index (χ2n) is 6.17. The maximum atomic E-state index is 12.4. The molecule has 0 heterocycles. The number of anilines is 2. The highest BCUT2D eigenvalue weighted by atomic mass is 35.5. The van der Waals surface area contributed by atoms with Gasteiger partial charge in [0.2, 0.25) is 0 Å². The number of rotatable bonds is 6. The van der Waals surface area contributed by atoms with Crippen molar-refractivity contribution in [3.8, 4) is 5.75 Å². The molecule has 0 aliphatic rings. The van der Waals surface area contributed by atoms with Crippen LogP contribution in [0.5, 0.6) is 5.75 Å². The molecule has 2 N–H and O–H groups in total. The lowest BCUT2D eigenvalue weighted by molar-refractivity contribution is -0.118. The van der Waals surface area contributed by atoms with E-state index in [4.69, 9.17) is 16.3 Å². The first-order chi connectivity index (χ1) is 13.5. The third-order valence-electron chi connectivity index (χ3n) is 3.89. The van der Waals surface area contributed by atoms with Crippen molar-refractivity contribution in [2.45, 2.75) is 6.92 Å². The highest BCUT2D eigenvalue weighted by molar-refractivity contribution is 6.34. The molecule has 0 unspecified atom stereocenters. The Kier molecular flexibility index (Phi) is 6.29. The van der Waals surface area contributed by atoms with Crippen LogP contribution >= 0.6 is 11.6 Å². The molecule has 3 rings (SSSR count). The number of aryl methyl sites for hydroxylation is 1. The lowest BCUT2D eigenvalue weighted by Crippen LogP contribution is -2.21. The van der Waals surface area contributed by atoms with Crippen LogP contribution < -0.4 is 15.4 Å². The Hall–Kier alpha value is -3.31. The molecule has 0 aromatic heterocycles. The van der Waals surface area contributed by atoms with Gasteiger partial charge in [-0.3, -0.25) is 9.59 Å². The lowest BCUT2D eigenvalue weighted by atomic mass is 10.1. The van der Waals surface area contributed by atoms with E-state index < -0.39 is 0 Å². The quantitative estimate of drug-likeness (QED) is 0.623. The Balaban J connectivity index is 1.64. The van der Waals surface area contributed by atoms with E-state index in [1.165, 1.54) is 6.07 Å². The SMILES string of the molecule is Cc1cccc(OCC(=O)Nc2cc(C(=O)Nc3ccccc3)ccc2Cl)c1. The van der Waals surface area contributed by atoms with Crippen LogP contribution in [0.25, 0.3) is 0 Å². The number of amides is 2. The molecule has 142 valence electrons. The summed E-state index contributed by atoms with van der Waals surface area (Å²) < 4.78 is 5.48. The molecule has 0 saturated heterocycles. The first kappa shape index (κ1) is 19.5. The normalized spacial score (nSPS) is 10.2. The molecule has 28 heavy (non-hydrogen) atoms. The van der Waals surface area contributed by atoms with Crippen molar-refractivity contribution in [1.29, 1.82) is 0 Å². The number of carbonyl (C=O) groups is 2. The van der Waals surface area contributed by atoms with E-state index in [-0.39, 0.29) is 18.4 Å². The summed E-state index contributed by atoms with van der Waals surface area (Å²) in [6.45, 7) is 1.78. The van der Waals surface area contributed by atoms with E-state index >= 15 is 0 Å². The van der Waals surface area contributed by atoms with Crippen molar-refractivity contribution < 1.29 is 14.3 Å². The number of benzene rings is 3. The molecule has 6 heteroatoms. The maximum absolute atomic E-state index is 12.4. The van der Waals surface area contributed by atoms with E-state index in [1.54, 1.807) is 30.3 Å². The Labute approximate surface area is 168 Å². The average Bonchev–Trinajstić information content (AvgIpc) is 2.69. The second-order valence-corrected chi connectivity index (χ2v) is 6.58. The van der Waals surface area contributed by atoms with Crippen LogP contribution in [0, 0.1) is 6.92 Å². The van der Waals surface area contributed by atoms with Crippen LogP contribution in [0.1, 0.15) is 15.9 Å². The van der Waals surface area contributed by atoms with Crippen molar-refractivity contribution in [1.82, 2.24) is 0 Å². The second kappa shape index (κ2) is 9.06. The molecule has 0 fully saturated rings. The Bertz CT molecular complexity index is 990. The number of carbonyl (C=O) groups excluding carboxylic acids is 2. The first-order valence-electron chi connectivity index (χ1n) is 8.66. The molecule has 3 aromatic rings. The molecule has 0 spiro atoms. The fourth-order valence-corrected chi connectivity index (χ4v) is 2.69. The number of hydrogen-bond donors (Lipinski definition) is 2. The Morgan fingerprint density at radius 1 is 0.929 bits per heavy atom. The third-order valence-corrected chi connectivity index (χ3v) is 4.22. The van der Waals surface area contributed by atoms with Gasteiger partial charge < -0.3 is 15.4 Å². The summed E-state index contributed by atoms with van der Waals surface area (Å²) >= 11 is 6.16. The minimum Gasteiger partial charge on any atom is -0.484 e. The summed E-state index contributed by atoms with van der Waals surface area (Å²) in [6, 6.07) is 21.2. The average molecular weight is 395 g/mol. The van der Waals surface area contributed by atoms with Gasteiger partial charge >= 0.3 is 0 Å². The molecule has 0 aliphatic carbocycles. The van der Waals surface area contributed by atoms with Gasteiger partial charge in [-0.25, -0.2) is 0 Å². The zero-order valence-corrected chi connectivity index (χ0v) is 16.0. The molecule has 2 amide bonds. The van der Waals surface area contributed by atoms with E-state index in [2.05, 4.69) is 10.6 Å². The van der Waals surface area contributed by atoms with Crippen LogP contribution in [-0.2, 0) is 4.79 Å². The molecule has 3 aromatic carbocycles. The first-order valence-corrected chi connectivity index (χ1v) is 9.04. The standard InChI is InChI=1S/C22H19ClN2O3/c1-15-6-5-9-18(12-15)28-14-21(26)25-20-13-16(10-11-19(20)23)22(27)24-17-7-3-2-4-8-17/h2-13H,14H2,1H3,(H,24,27)(H,25,26). The number of hydrogen-bond acceptors (Lipinski definition) is 3. The number of para-hydroxylation sites is 1. The van der Waals surface area contributed by atoms with Gasteiger partial charge in [-0.15, -0.1) is 0 Å². The molecule has 0 radical (unpaired) electrons. The van der Waals surface area contributed by atoms with Gasteiger partial charge in [-0.1, -0.05) is 41.9 Å². The fraction of sp³-hybridized carbons (Fsp3) is 0.0909. The zero-order valence-electron chi connectivity index (χ0n) is 15.2. The van der Waals surface area contributed by atoms with Gasteiger partial charge in [0, 0.05) is 11.3 Å². The number of ether oxygens (including phenoxy) is 1. The minimum absolute atomic E-state index is 0.166. The summed E-state index contributed by atoms with van der Waals surface area (Å²) in [5, 5.41) is 5.80. The van der Waals surface area contributed by atoms with Crippen molar-refractivity contribution >= 4 is 34.8 Å². The van der Waals surface area contributed by atoms with Crippen LogP contribution in [0.4, 0.5) is 11.4 Å². The predicted molar refractivity (Wildman–Crippen MR) is 111 cm³/mol. The monoisotopic (exact) mass is 394 g/mol. The third kappa shape index (κ3) is 5.34. The lowest BCUT2D eigenvalue weighted by Gasteiger charge is -2.11. The minimum atomic E-state index is -0.371. The molecule has 0 bridgehead atoms. The van der Waals surface area contributed by atoms with Crippen molar-refractivity contribution in [2.75, 3.05) is 17.2 Å². The van der Waals surface area contributed by atoms with E-state index in [1.807, 2.05) is 43.3 Å². The Morgan fingerprint density at radius 2 is 1.71 bits per heavy atom. The smallest absolute Gasteiger partial charge is 0.262 e. The van der Waals surface area contributed by atoms with Crippen molar-refractivity contribution in [3.63, 3.8) is 0 Å². The molecule has 0 aliphatic heterocycles. The van der Waals surface area contributed by atoms with Crippen LogP contribution in [0.15, 0.2) is 72.8 Å². The largest absolute Gasteiger partial charge is 0.484 e. The van der Waals surface area contributed by atoms with E-state index in [0.29, 0.717) is 27.7 Å². The Morgan fingerprint density at radius 3 is 2.46 bits per heavy atom. The van der Waals surface area contributed by atoms with Crippen LogP contribution in [-0.4, -0.2) is 18.4 Å². The molecule has 5 nitrogen and oxygen atoms in total.